The van der Waals surface area contributed by atoms with E-state index in [4.69, 9.17) is 11.6 Å². The van der Waals surface area contributed by atoms with Crippen molar-refractivity contribution in [2.75, 3.05) is 0 Å². The molecule has 1 unspecified atom stereocenters. The van der Waals surface area contributed by atoms with Crippen molar-refractivity contribution in [3.8, 4) is 0 Å². The van der Waals surface area contributed by atoms with Gasteiger partial charge in [0.05, 0.1) is 6.04 Å². The average Bonchev–Trinajstić information content (AvgIpc) is 2.89. The number of nitrogens with zero attached hydrogens (tertiary/aromatic N) is 2. The van der Waals surface area contributed by atoms with E-state index in [9.17, 15) is 4.79 Å². The highest BCUT2D eigenvalue weighted by atomic mass is 35.5. The minimum atomic E-state index is -0.237. The average molecular weight is 282 g/mol. The predicted molar refractivity (Wildman–Crippen MR) is 71.9 cm³/mol. The van der Waals surface area contributed by atoms with Crippen LogP contribution in [0.2, 0.25) is 5.15 Å². The third kappa shape index (κ3) is 3.05. The van der Waals surface area contributed by atoms with Gasteiger partial charge in [0.1, 0.15) is 15.9 Å². The Morgan fingerprint density at radius 2 is 2.39 bits per heavy atom. The molecule has 2 aromatic rings. The van der Waals surface area contributed by atoms with E-state index in [1.54, 1.807) is 24.4 Å². The molecule has 0 spiro atoms. The largest absolute Gasteiger partial charge is 0.341 e. The number of thiazole rings is 1. The first-order valence-corrected chi connectivity index (χ1v) is 6.79. The monoisotopic (exact) mass is 281 g/mol. The van der Waals surface area contributed by atoms with E-state index in [0.717, 1.165) is 11.4 Å². The zero-order valence-corrected chi connectivity index (χ0v) is 11.3. The van der Waals surface area contributed by atoms with Gasteiger partial charge in [-0.05, 0) is 18.6 Å². The van der Waals surface area contributed by atoms with E-state index in [2.05, 4.69) is 15.3 Å². The van der Waals surface area contributed by atoms with Gasteiger partial charge in [-0.25, -0.2) is 9.97 Å². The van der Waals surface area contributed by atoms with Gasteiger partial charge in [0, 0.05) is 11.6 Å². The van der Waals surface area contributed by atoms with Gasteiger partial charge in [0.2, 0.25) is 0 Å². The summed E-state index contributed by atoms with van der Waals surface area (Å²) in [5.74, 6) is -0.237. The van der Waals surface area contributed by atoms with Crippen LogP contribution >= 0.6 is 22.9 Å². The number of hydrogen-bond acceptors (Lipinski definition) is 4. The first-order chi connectivity index (χ1) is 8.70. The Morgan fingerprint density at radius 3 is 3.00 bits per heavy atom. The normalized spacial score (nSPS) is 12.1. The number of carbonyl (C=O) groups excluding carboxylic acids is 1. The second-order valence-corrected chi connectivity index (χ2v) is 4.96. The molecule has 6 heteroatoms. The van der Waals surface area contributed by atoms with Gasteiger partial charge >= 0.3 is 0 Å². The number of nitrogens with one attached hydrogen (secondary N) is 1. The maximum absolute atomic E-state index is 12.0. The second kappa shape index (κ2) is 5.93. The molecule has 18 heavy (non-hydrogen) atoms. The summed E-state index contributed by atoms with van der Waals surface area (Å²) >= 11 is 7.28. The van der Waals surface area contributed by atoms with E-state index in [0.29, 0.717) is 10.8 Å². The fraction of sp³-hybridized carbons (Fsp3) is 0.250. The molecule has 0 saturated carbocycles. The van der Waals surface area contributed by atoms with Gasteiger partial charge in [0.25, 0.3) is 5.91 Å². The number of hydrogen-bond donors (Lipinski definition) is 1. The van der Waals surface area contributed by atoms with E-state index in [-0.39, 0.29) is 11.9 Å². The Morgan fingerprint density at radius 1 is 1.56 bits per heavy atom. The highest BCUT2D eigenvalue weighted by molar-refractivity contribution is 7.09. The lowest BCUT2D eigenvalue weighted by atomic mass is 10.2. The first kappa shape index (κ1) is 13.0. The van der Waals surface area contributed by atoms with Crippen molar-refractivity contribution >= 4 is 28.8 Å². The summed E-state index contributed by atoms with van der Waals surface area (Å²) in [7, 11) is 0. The molecule has 0 radical (unpaired) electrons. The molecule has 0 saturated heterocycles. The lowest BCUT2D eigenvalue weighted by Crippen LogP contribution is -2.28. The number of carbonyl (C=O) groups is 1. The van der Waals surface area contributed by atoms with Gasteiger partial charge in [-0.3, -0.25) is 4.79 Å². The summed E-state index contributed by atoms with van der Waals surface area (Å²) in [4.78, 5) is 20.2. The Kier molecular flexibility index (Phi) is 4.28. The van der Waals surface area contributed by atoms with Crippen molar-refractivity contribution in [3.63, 3.8) is 0 Å². The third-order valence-electron chi connectivity index (χ3n) is 2.41. The lowest BCUT2D eigenvalue weighted by Gasteiger charge is -2.13. The summed E-state index contributed by atoms with van der Waals surface area (Å²) in [5.41, 5.74) is 0.317. The summed E-state index contributed by atoms with van der Waals surface area (Å²) in [5, 5.41) is 6.00. The summed E-state index contributed by atoms with van der Waals surface area (Å²) in [6, 6.07) is 4.89. The topological polar surface area (TPSA) is 54.9 Å². The van der Waals surface area contributed by atoms with Gasteiger partial charge in [-0.2, -0.15) is 0 Å². The highest BCUT2D eigenvalue weighted by Gasteiger charge is 2.16. The maximum atomic E-state index is 12.0. The van der Waals surface area contributed by atoms with E-state index in [1.807, 2.05) is 12.3 Å². The number of pyridine rings is 1. The minimum absolute atomic E-state index is 0.0849. The van der Waals surface area contributed by atoms with Crippen molar-refractivity contribution in [2.45, 2.75) is 19.4 Å². The van der Waals surface area contributed by atoms with Crippen LogP contribution in [0.15, 0.2) is 29.8 Å². The third-order valence-corrected chi connectivity index (χ3v) is 3.51. The smallest absolute Gasteiger partial charge is 0.270 e. The molecule has 0 aromatic carbocycles. The van der Waals surface area contributed by atoms with E-state index >= 15 is 0 Å². The van der Waals surface area contributed by atoms with Crippen LogP contribution in [0.25, 0.3) is 0 Å². The zero-order valence-electron chi connectivity index (χ0n) is 9.76. The van der Waals surface area contributed by atoms with Crippen LogP contribution < -0.4 is 5.32 Å². The highest BCUT2D eigenvalue weighted by Crippen LogP contribution is 2.19. The van der Waals surface area contributed by atoms with Crippen LogP contribution in [0.4, 0.5) is 0 Å². The van der Waals surface area contributed by atoms with Crippen LogP contribution in [-0.4, -0.2) is 15.9 Å². The molecule has 0 aliphatic rings. The van der Waals surface area contributed by atoms with Crippen molar-refractivity contribution in [3.05, 3.63) is 45.6 Å². The van der Waals surface area contributed by atoms with Crippen LogP contribution in [-0.2, 0) is 0 Å². The molecule has 1 amide bonds. The molecule has 1 atom stereocenters. The summed E-state index contributed by atoms with van der Waals surface area (Å²) < 4.78 is 0. The van der Waals surface area contributed by atoms with Crippen LogP contribution in [0.1, 0.15) is 34.9 Å². The van der Waals surface area contributed by atoms with Crippen molar-refractivity contribution in [2.24, 2.45) is 0 Å². The predicted octanol–water partition coefficient (Wildman–Crippen LogP) is 3.07. The van der Waals surface area contributed by atoms with Crippen molar-refractivity contribution in [1.82, 2.24) is 15.3 Å². The first-order valence-electron chi connectivity index (χ1n) is 5.53. The van der Waals surface area contributed by atoms with Gasteiger partial charge < -0.3 is 5.32 Å². The van der Waals surface area contributed by atoms with Gasteiger partial charge in [-0.1, -0.05) is 24.6 Å². The second-order valence-electron chi connectivity index (χ2n) is 3.65. The maximum Gasteiger partial charge on any atom is 0.270 e. The fourth-order valence-corrected chi connectivity index (χ4v) is 2.45. The molecule has 0 fully saturated rings. The Bertz CT molecular complexity index is 530. The Balaban J connectivity index is 2.11. The van der Waals surface area contributed by atoms with Crippen molar-refractivity contribution < 1.29 is 4.79 Å². The Labute approximate surface area is 114 Å². The van der Waals surface area contributed by atoms with Crippen molar-refractivity contribution in [1.29, 1.82) is 0 Å². The van der Waals surface area contributed by atoms with Crippen LogP contribution in [0.3, 0.4) is 0 Å². The number of amides is 1. The number of halogens is 1. The van der Waals surface area contributed by atoms with Crippen LogP contribution in [0.5, 0.6) is 0 Å². The molecule has 1 N–H and O–H groups in total. The molecule has 0 aliphatic carbocycles. The molecule has 94 valence electrons. The standard InChI is InChI=1S/C12H12ClN3OS/c1-2-8(12-14-6-7-18-12)16-11(17)9-4-3-5-10(13)15-9/h3-8H,2H2,1H3,(H,16,17). The molecule has 0 aliphatic heterocycles. The zero-order chi connectivity index (χ0) is 13.0. The Hall–Kier alpha value is -1.46. The fourth-order valence-electron chi connectivity index (χ4n) is 1.51. The van der Waals surface area contributed by atoms with Crippen LogP contribution in [0, 0.1) is 0 Å². The summed E-state index contributed by atoms with van der Waals surface area (Å²) in [6.07, 6.45) is 2.51. The molecular weight excluding hydrogens is 270 g/mol. The van der Waals surface area contributed by atoms with E-state index in [1.165, 1.54) is 11.3 Å². The SMILES string of the molecule is CCC(NC(=O)c1cccc(Cl)n1)c1nccs1. The van der Waals surface area contributed by atoms with Gasteiger partial charge in [-0.15, -0.1) is 11.3 Å². The van der Waals surface area contributed by atoms with E-state index < -0.39 is 0 Å². The molecule has 0 bridgehead atoms. The number of rotatable bonds is 4. The summed E-state index contributed by atoms with van der Waals surface area (Å²) in [6.45, 7) is 2.00. The number of aromatic nitrogens is 2. The molecule has 2 rings (SSSR count). The molecule has 2 heterocycles. The van der Waals surface area contributed by atoms with Gasteiger partial charge in [0.15, 0.2) is 0 Å². The quantitative estimate of drug-likeness (QED) is 0.876. The molecule has 2 aromatic heterocycles. The molecular formula is C12H12ClN3OS. The lowest BCUT2D eigenvalue weighted by molar-refractivity contribution is 0.0930. The minimum Gasteiger partial charge on any atom is -0.341 e. The molecule has 4 nitrogen and oxygen atoms in total.